The van der Waals surface area contributed by atoms with E-state index in [1.54, 1.807) is 12.1 Å². The summed E-state index contributed by atoms with van der Waals surface area (Å²) in [4.78, 5) is 16.6. The monoisotopic (exact) mass is 440 g/mol. The van der Waals surface area contributed by atoms with Gasteiger partial charge in [0.25, 0.3) is 0 Å². The fourth-order valence-corrected chi connectivity index (χ4v) is 5.02. The van der Waals surface area contributed by atoms with Gasteiger partial charge < -0.3 is 9.84 Å². The number of carbonyl (C=O) groups is 1. The number of piperidine rings is 1. The van der Waals surface area contributed by atoms with Gasteiger partial charge >= 0.3 is 11.8 Å². The molecule has 3 aromatic rings. The molecule has 1 saturated heterocycles. The maximum atomic E-state index is 12.8. The number of sulfonamides is 1. The van der Waals surface area contributed by atoms with Crippen LogP contribution in [-0.4, -0.2) is 48.4 Å². The Morgan fingerprint density at radius 1 is 1.00 bits per heavy atom. The van der Waals surface area contributed by atoms with Crippen LogP contribution in [0.15, 0.2) is 64.0 Å². The molecule has 2 heterocycles. The number of hydrogen-bond donors (Lipinski definition) is 1. The van der Waals surface area contributed by atoms with E-state index in [9.17, 15) is 13.2 Å². The Bertz CT molecular complexity index is 1120. The minimum atomic E-state index is -3.50. The van der Waals surface area contributed by atoms with Crippen LogP contribution >= 0.6 is 0 Å². The molecule has 2 aromatic carbocycles. The molecule has 31 heavy (non-hydrogen) atoms. The molecular weight excluding hydrogens is 416 g/mol. The summed E-state index contributed by atoms with van der Waals surface area (Å²) >= 11 is 0. The molecule has 8 nitrogen and oxygen atoms in total. The molecule has 1 aliphatic heterocycles. The third-order valence-corrected chi connectivity index (χ3v) is 7.14. The standard InChI is InChI=1S/C22H24N4O4S/c27-21(23-14-13-17-7-3-1-4-8-17)22-24-20(25-30-22)18-9-11-19(12-10-18)31(28,29)26-15-5-2-6-16-26/h1,3-4,7-12H,2,5-6,13-16H2,(H,23,27). The second kappa shape index (κ2) is 9.40. The van der Waals surface area contributed by atoms with Crippen molar-refractivity contribution in [1.82, 2.24) is 19.8 Å². The average Bonchev–Trinajstić information content (AvgIpc) is 3.31. The average molecular weight is 441 g/mol. The molecule has 0 bridgehead atoms. The molecule has 162 valence electrons. The molecule has 1 aliphatic rings. The first kappa shape index (κ1) is 21.2. The fraction of sp³-hybridized carbons (Fsp3) is 0.318. The number of nitrogens with zero attached hydrogens (tertiary/aromatic N) is 3. The normalized spacial score (nSPS) is 15.0. The van der Waals surface area contributed by atoms with Crippen molar-refractivity contribution in [2.24, 2.45) is 0 Å². The summed E-state index contributed by atoms with van der Waals surface area (Å²) in [6.45, 7) is 1.55. The Hall–Kier alpha value is -3.04. The predicted molar refractivity (Wildman–Crippen MR) is 115 cm³/mol. The molecule has 0 radical (unpaired) electrons. The molecule has 0 unspecified atom stereocenters. The topological polar surface area (TPSA) is 105 Å². The molecular formula is C22H24N4O4S. The Morgan fingerprint density at radius 2 is 1.71 bits per heavy atom. The van der Waals surface area contributed by atoms with E-state index in [0.717, 1.165) is 24.8 Å². The zero-order valence-corrected chi connectivity index (χ0v) is 17.8. The third kappa shape index (κ3) is 5.00. The van der Waals surface area contributed by atoms with E-state index in [4.69, 9.17) is 4.52 Å². The van der Waals surface area contributed by atoms with Crippen molar-refractivity contribution < 1.29 is 17.7 Å². The van der Waals surface area contributed by atoms with Crippen molar-refractivity contribution >= 4 is 15.9 Å². The lowest BCUT2D eigenvalue weighted by Gasteiger charge is -2.25. The van der Waals surface area contributed by atoms with E-state index < -0.39 is 15.9 Å². The Labute approximate surface area is 181 Å². The Kier molecular flexibility index (Phi) is 6.43. The Morgan fingerprint density at radius 3 is 2.42 bits per heavy atom. The van der Waals surface area contributed by atoms with Crippen LogP contribution in [0.25, 0.3) is 11.4 Å². The van der Waals surface area contributed by atoms with Crippen molar-refractivity contribution in [2.45, 2.75) is 30.6 Å². The first-order chi connectivity index (χ1) is 15.0. The Balaban J connectivity index is 1.38. The summed E-state index contributed by atoms with van der Waals surface area (Å²) in [6.07, 6.45) is 3.53. The molecule has 1 amide bonds. The first-order valence-corrected chi connectivity index (χ1v) is 11.7. The quantitative estimate of drug-likeness (QED) is 0.606. The lowest BCUT2D eigenvalue weighted by molar-refractivity contribution is 0.0910. The van der Waals surface area contributed by atoms with E-state index in [1.165, 1.54) is 16.4 Å². The van der Waals surface area contributed by atoms with E-state index >= 15 is 0 Å². The van der Waals surface area contributed by atoms with Gasteiger partial charge in [-0.3, -0.25) is 4.79 Å². The van der Waals surface area contributed by atoms with Crippen molar-refractivity contribution in [3.8, 4) is 11.4 Å². The summed E-state index contributed by atoms with van der Waals surface area (Å²) in [5, 5.41) is 6.61. The van der Waals surface area contributed by atoms with Gasteiger partial charge in [-0.1, -0.05) is 41.9 Å². The fourth-order valence-electron chi connectivity index (χ4n) is 3.50. The van der Waals surface area contributed by atoms with Gasteiger partial charge in [0.1, 0.15) is 0 Å². The summed E-state index contributed by atoms with van der Waals surface area (Å²) in [7, 11) is -3.50. The van der Waals surface area contributed by atoms with Crippen LogP contribution in [-0.2, 0) is 16.4 Å². The van der Waals surface area contributed by atoms with Gasteiger partial charge in [0.05, 0.1) is 4.90 Å². The molecule has 0 aliphatic carbocycles. The third-order valence-electron chi connectivity index (χ3n) is 5.23. The number of amides is 1. The van der Waals surface area contributed by atoms with Crippen LogP contribution in [0.4, 0.5) is 0 Å². The maximum absolute atomic E-state index is 12.8. The highest BCUT2D eigenvalue weighted by atomic mass is 32.2. The lowest BCUT2D eigenvalue weighted by atomic mass is 10.1. The van der Waals surface area contributed by atoms with Gasteiger partial charge in [0, 0.05) is 25.2 Å². The molecule has 1 fully saturated rings. The highest BCUT2D eigenvalue weighted by Crippen LogP contribution is 2.23. The second-order valence-electron chi connectivity index (χ2n) is 7.40. The van der Waals surface area contributed by atoms with E-state index in [2.05, 4.69) is 15.5 Å². The smallest absolute Gasteiger partial charge is 0.316 e. The van der Waals surface area contributed by atoms with Crippen LogP contribution in [0.5, 0.6) is 0 Å². The molecule has 4 rings (SSSR count). The van der Waals surface area contributed by atoms with Crippen LogP contribution in [0.2, 0.25) is 0 Å². The van der Waals surface area contributed by atoms with Gasteiger partial charge in [-0.05, 0) is 49.1 Å². The van der Waals surface area contributed by atoms with Crippen molar-refractivity contribution in [3.63, 3.8) is 0 Å². The van der Waals surface area contributed by atoms with Gasteiger partial charge in [-0.25, -0.2) is 8.42 Å². The van der Waals surface area contributed by atoms with Crippen molar-refractivity contribution in [1.29, 1.82) is 0 Å². The van der Waals surface area contributed by atoms with Crippen molar-refractivity contribution in [3.05, 3.63) is 66.1 Å². The molecule has 9 heteroatoms. The van der Waals surface area contributed by atoms with Gasteiger partial charge in [-0.15, -0.1) is 0 Å². The minimum Gasteiger partial charge on any atom is -0.347 e. The first-order valence-electron chi connectivity index (χ1n) is 10.3. The van der Waals surface area contributed by atoms with Gasteiger partial charge in [0.15, 0.2) is 0 Å². The number of hydrogen-bond acceptors (Lipinski definition) is 6. The second-order valence-corrected chi connectivity index (χ2v) is 9.34. The van der Waals surface area contributed by atoms with E-state index in [-0.39, 0.29) is 16.6 Å². The number of nitrogens with one attached hydrogen (secondary N) is 1. The molecule has 0 spiro atoms. The molecule has 1 aromatic heterocycles. The SMILES string of the molecule is O=C(NCCc1ccccc1)c1nc(-c2ccc(S(=O)(=O)N3CCCCC3)cc2)no1. The maximum Gasteiger partial charge on any atom is 0.316 e. The largest absolute Gasteiger partial charge is 0.347 e. The van der Waals surface area contributed by atoms with E-state index in [0.29, 0.717) is 31.6 Å². The summed E-state index contributed by atoms with van der Waals surface area (Å²) in [5.74, 6) is -0.345. The van der Waals surface area contributed by atoms with Crippen LogP contribution in [0.1, 0.15) is 35.5 Å². The van der Waals surface area contributed by atoms with Crippen molar-refractivity contribution in [2.75, 3.05) is 19.6 Å². The lowest BCUT2D eigenvalue weighted by Crippen LogP contribution is -2.35. The number of aromatic nitrogens is 2. The summed E-state index contributed by atoms with van der Waals surface area (Å²) in [6, 6.07) is 16.1. The highest BCUT2D eigenvalue weighted by Gasteiger charge is 2.26. The predicted octanol–water partition coefficient (Wildman–Crippen LogP) is 2.88. The zero-order chi connectivity index (χ0) is 21.7. The summed E-state index contributed by atoms with van der Waals surface area (Å²) < 4.78 is 32.1. The van der Waals surface area contributed by atoms with Gasteiger partial charge in [-0.2, -0.15) is 9.29 Å². The minimum absolute atomic E-state index is 0.131. The van der Waals surface area contributed by atoms with E-state index in [1.807, 2.05) is 30.3 Å². The highest BCUT2D eigenvalue weighted by molar-refractivity contribution is 7.89. The number of rotatable bonds is 7. The molecule has 0 atom stereocenters. The number of carbonyl (C=O) groups excluding carboxylic acids is 1. The van der Waals surface area contributed by atoms with Crippen LogP contribution in [0.3, 0.4) is 0 Å². The van der Waals surface area contributed by atoms with Gasteiger partial charge in [0.2, 0.25) is 15.8 Å². The van der Waals surface area contributed by atoms with Crippen LogP contribution < -0.4 is 5.32 Å². The molecule has 1 N–H and O–H groups in total. The zero-order valence-electron chi connectivity index (χ0n) is 17.0. The number of benzene rings is 2. The summed E-state index contributed by atoms with van der Waals surface area (Å²) in [5.41, 5.74) is 1.69. The van der Waals surface area contributed by atoms with Crippen LogP contribution in [0, 0.1) is 0 Å². The molecule has 0 saturated carbocycles.